The van der Waals surface area contributed by atoms with Gasteiger partial charge in [-0.25, -0.2) is 4.79 Å². The number of ether oxygens (including phenoxy) is 2. The molecule has 1 aromatic rings. The summed E-state index contributed by atoms with van der Waals surface area (Å²) >= 11 is 0. The standard InChI is InChI=1S/C7H10N2O5/c1-12-3-4(13-2)6-8-5(7(10)11)9-14-6/h4H,3H2,1-2H3,(H,10,11). The smallest absolute Gasteiger partial charge is 0.377 e. The summed E-state index contributed by atoms with van der Waals surface area (Å²) in [4.78, 5) is 14.0. The van der Waals surface area contributed by atoms with E-state index in [-0.39, 0.29) is 12.5 Å². The van der Waals surface area contributed by atoms with Crippen molar-refractivity contribution in [1.82, 2.24) is 10.1 Å². The largest absolute Gasteiger partial charge is 0.475 e. The molecule has 0 radical (unpaired) electrons. The van der Waals surface area contributed by atoms with Gasteiger partial charge in [0.05, 0.1) is 6.61 Å². The molecule has 1 heterocycles. The molecule has 0 saturated heterocycles. The van der Waals surface area contributed by atoms with Crippen LogP contribution < -0.4 is 0 Å². The summed E-state index contributed by atoms with van der Waals surface area (Å²) in [7, 11) is 2.93. The predicted molar refractivity (Wildman–Crippen MR) is 42.9 cm³/mol. The molecule has 14 heavy (non-hydrogen) atoms. The van der Waals surface area contributed by atoms with Gasteiger partial charge in [-0.15, -0.1) is 0 Å². The van der Waals surface area contributed by atoms with E-state index in [0.717, 1.165) is 0 Å². The zero-order valence-electron chi connectivity index (χ0n) is 7.76. The average Bonchev–Trinajstić information content (AvgIpc) is 2.63. The molecule has 0 aliphatic rings. The fourth-order valence-electron chi connectivity index (χ4n) is 0.844. The maximum Gasteiger partial charge on any atom is 0.377 e. The third kappa shape index (κ3) is 2.27. The van der Waals surface area contributed by atoms with Crippen LogP contribution in [0.25, 0.3) is 0 Å². The number of carbonyl (C=O) groups is 1. The van der Waals surface area contributed by atoms with Crippen molar-refractivity contribution >= 4 is 5.97 Å². The molecule has 78 valence electrons. The van der Waals surface area contributed by atoms with Gasteiger partial charge < -0.3 is 19.1 Å². The van der Waals surface area contributed by atoms with Gasteiger partial charge in [-0.1, -0.05) is 0 Å². The first-order chi connectivity index (χ1) is 6.69. The summed E-state index contributed by atoms with van der Waals surface area (Å²) in [6.45, 7) is 0.220. The quantitative estimate of drug-likeness (QED) is 0.723. The van der Waals surface area contributed by atoms with Gasteiger partial charge in [-0.2, -0.15) is 4.98 Å². The molecule has 0 aliphatic carbocycles. The third-order valence-corrected chi connectivity index (χ3v) is 1.51. The number of rotatable bonds is 5. The van der Waals surface area contributed by atoms with Crippen LogP contribution in [0.15, 0.2) is 4.52 Å². The Kier molecular flexibility index (Phi) is 3.55. The number of aromatic nitrogens is 2. The molecule has 0 amide bonds. The van der Waals surface area contributed by atoms with E-state index in [4.69, 9.17) is 14.6 Å². The highest BCUT2D eigenvalue weighted by Gasteiger charge is 2.20. The Morgan fingerprint density at radius 2 is 2.36 bits per heavy atom. The molecular formula is C7H10N2O5. The van der Waals surface area contributed by atoms with Gasteiger partial charge in [-0.05, 0) is 5.16 Å². The summed E-state index contributed by atoms with van der Waals surface area (Å²) in [5.74, 6) is -1.54. The predicted octanol–water partition coefficient (Wildman–Crippen LogP) is 0.102. The van der Waals surface area contributed by atoms with Gasteiger partial charge in [0.1, 0.15) is 0 Å². The van der Waals surface area contributed by atoms with Crippen LogP contribution in [-0.2, 0) is 9.47 Å². The Morgan fingerprint density at radius 1 is 1.64 bits per heavy atom. The first kappa shape index (κ1) is 10.6. The van der Waals surface area contributed by atoms with E-state index in [1.807, 2.05) is 0 Å². The number of hydrogen-bond acceptors (Lipinski definition) is 6. The third-order valence-electron chi connectivity index (χ3n) is 1.51. The van der Waals surface area contributed by atoms with Crippen molar-refractivity contribution in [2.75, 3.05) is 20.8 Å². The number of methoxy groups -OCH3 is 2. The van der Waals surface area contributed by atoms with E-state index in [2.05, 4.69) is 14.7 Å². The van der Waals surface area contributed by atoms with Crippen LogP contribution in [0.1, 0.15) is 22.6 Å². The van der Waals surface area contributed by atoms with Gasteiger partial charge in [0.25, 0.3) is 11.7 Å². The molecule has 0 aromatic carbocycles. The first-order valence-corrected chi connectivity index (χ1v) is 3.77. The summed E-state index contributed by atoms with van der Waals surface area (Å²) in [6.07, 6.45) is -0.541. The van der Waals surface area contributed by atoms with Gasteiger partial charge in [0.15, 0.2) is 6.10 Å². The number of carboxylic acid groups (broad SMARTS) is 1. The zero-order chi connectivity index (χ0) is 10.6. The lowest BCUT2D eigenvalue weighted by Crippen LogP contribution is -2.09. The number of carboxylic acids is 1. The molecule has 7 heteroatoms. The molecule has 0 aliphatic heterocycles. The van der Waals surface area contributed by atoms with Crippen LogP contribution in [0.3, 0.4) is 0 Å². The Balaban J connectivity index is 2.78. The highest BCUT2D eigenvalue weighted by molar-refractivity contribution is 5.82. The minimum absolute atomic E-state index is 0.0896. The second kappa shape index (κ2) is 4.68. The van der Waals surface area contributed by atoms with Crippen LogP contribution in [0, 0.1) is 0 Å². The summed E-state index contributed by atoms with van der Waals surface area (Å²) in [5.41, 5.74) is 0. The topological polar surface area (TPSA) is 94.7 Å². The minimum atomic E-state index is -1.24. The summed E-state index contributed by atoms with van der Waals surface area (Å²) < 4.78 is 14.5. The monoisotopic (exact) mass is 202 g/mol. The number of nitrogens with zero attached hydrogens (tertiary/aromatic N) is 2. The molecule has 1 aromatic heterocycles. The fraction of sp³-hybridized carbons (Fsp3) is 0.571. The highest BCUT2D eigenvalue weighted by Crippen LogP contribution is 2.14. The van der Waals surface area contributed by atoms with Crippen molar-refractivity contribution in [3.63, 3.8) is 0 Å². The van der Waals surface area contributed by atoms with Crippen LogP contribution in [-0.4, -0.2) is 42.0 Å². The molecule has 0 bridgehead atoms. The van der Waals surface area contributed by atoms with E-state index in [1.54, 1.807) is 0 Å². The van der Waals surface area contributed by atoms with Crippen LogP contribution >= 0.6 is 0 Å². The molecule has 1 unspecified atom stereocenters. The fourth-order valence-corrected chi connectivity index (χ4v) is 0.844. The van der Waals surface area contributed by atoms with Gasteiger partial charge in [0.2, 0.25) is 0 Å². The normalized spacial score (nSPS) is 12.7. The van der Waals surface area contributed by atoms with E-state index >= 15 is 0 Å². The van der Waals surface area contributed by atoms with Gasteiger partial charge >= 0.3 is 5.97 Å². The van der Waals surface area contributed by atoms with Crippen molar-refractivity contribution < 1.29 is 23.9 Å². The number of aromatic carboxylic acids is 1. The highest BCUT2D eigenvalue weighted by atomic mass is 16.5. The van der Waals surface area contributed by atoms with E-state index in [9.17, 15) is 4.79 Å². The Morgan fingerprint density at radius 3 is 2.79 bits per heavy atom. The minimum Gasteiger partial charge on any atom is -0.475 e. The Labute approximate surface area is 79.6 Å². The average molecular weight is 202 g/mol. The zero-order valence-corrected chi connectivity index (χ0v) is 7.76. The second-order valence-electron chi connectivity index (χ2n) is 2.44. The van der Waals surface area contributed by atoms with E-state index in [1.165, 1.54) is 14.2 Å². The summed E-state index contributed by atoms with van der Waals surface area (Å²) in [5, 5.41) is 11.8. The first-order valence-electron chi connectivity index (χ1n) is 3.77. The maximum absolute atomic E-state index is 10.4. The maximum atomic E-state index is 10.4. The molecule has 0 saturated carbocycles. The van der Waals surface area contributed by atoms with Crippen LogP contribution in [0.2, 0.25) is 0 Å². The molecule has 1 N–H and O–H groups in total. The van der Waals surface area contributed by atoms with E-state index < -0.39 is 17.9 Å². The molecule has 1 atom stereocenters. The lowest BCUT2D eigenvalue weighted by Gasteiger charge is -2.07. The van der Waals surface area contributed by atoms with Crippen LogP contribution in [0.4, 0.5) is 0 Å². The van der Waals surface area contributed by atoms with Crippen molar-refractivity contribution in [3.05, 3.63) is 11.7 Å². The second-order valence-corrected chi connectivity index (χ2v) is 2.44. The molecule has 1 rings (SSSR count). The summed E-state index contributed by atoms with van der Waals surface area (Å²) in [6, 6.07) is 0. The molecular weight excluding hydrogens is 192 g/mol. The Hall–Kier alpha value is -1.47. The molecule has 0 fully saturated rings. The van der Waals surface area contributed by atoms with Crippen molar-refractivity contribution in [2.24, 2.45) is 0 Å². The van der Waals surface area contributed by atoms with E-state index in [0.29, 0.717) is 0 Å². The molecule has 0 spiro atoms. The van der Waals surface area contributed by atoms with Crippen LogP contribution in [0.5, 0.6) is 0 Å². The van der Waals surface area contributed by atoms with Crippen molar-refractivity contribution in [2.45, 2.75) is 6.10 Å². The van der Waals surface area contributed by atoms with Gasteiger partial charge in [0, 0.05) is 14.2 Å². The van der Waals surface area contributed by atoms with Crippen molar-refractivity contribution in [1.29, 1.82) is 0 Å². The Bertz CT molecular complexity index is 311. The number of hydrogen-bond donors (Lipinski definition) is 1. The lowest BCUT2D eigenvalue weighted by molar-refractivity contribution is 0.00809. The molecule has 7 nitrogen and oxygen atoms in total. The van der Waals surface area contributed by atoms with Crippen molar-refractivity contribution in [3.8, 4) is 0 Å². The van der Waals surface area contributed by atoms with Gasteiger partial charge in [-0.3, -0.25) is 0 Å². The lowest BCUT2D eigenvalue weighted by atomic mass is 10.4. The SMILES string of the molecule is COCC(OC)c1nc(C(=O)O)no1.